The zero-order chi connectivity index (χ0) is 26.7. The van der Waals surface area contributed by atoms with E-state index in [9.17, 15) is 8.42 Å². The molecule has 0 aliphatic carbocycles. The lowest BCUT2D eigenvalue weighted by Gasteiger charge is -2.23. The lowest BCUT2D eigenvalue weighted by molar-refractivity contribution is 0.0950. The van der Waals surface area contributed by atoms with E-state index in [4.69, 9.17) is 30.5 Å². The molecule has 1 aromatic carbocycles. The van der Waals surface area contributed by atoms with Crippen LogP contribution in [-0.2, 0) is 19.5 Å². The average molecular weight is 553 g/mol. The number of hydrogen-bond donors (Lipinski definition) is 1. The van der Waals surface area contributed by atoms with Gasteiger partial charge in [0, 0.05) is 32.0 Å². The van der Waals surface area contributed by atoms with E-state index in [2.05, 4.69) is 24.9 Å². The van der Waals surface area contributed by atoms with Crippen LogP contribution in [0.2, 0.25) is 5.02 Å². The van der Waals surface area contributed by atoms with Crippen LogP contribution in [-0.4, -0.2) is 72.4 Å². The lowest BCUT2D eigenvalue weighted by atomic mass is 10.0. The van der Waals surface area contributed by atoms with E-state index in [0.717, 1.165) is 0 Å². The third-order valence-corrected chi connectivity index (χ3v) is 8.21. The molecule has 12 nitrogen and oxygen atoms in total. The zero-order valence-corrected chi connectivity index (χ0v) is 22.7. The van der Waals surface area contributed by atoms with Gasteiger partial charge in [0.2, 0.25) is 16.0 Å². The van der Waals surface area contributed by atoms with Crippen molar-refractivity contribution in [3.05, 3.63) is 47.3 Å². The molecule has 37 heavy (non-hydrogen) atoms. The molecule has 0 bridgehead atoms. The Morgan fingerprint density at radius 2 is 1.78 bits per heavy atom. The van der Waals surface area contributed by atoms with Crippen molar-refractivity contribution in [2.45, 2.75) is 43.6 Å². The third kappa shape index (κ3) is 5.35. The topological polar surface area (TPSA) is 140 Å². The standard InChI is InChI=1S/C23H29ClN6O6S/c1-13-16(9-10-36-13)22-27-28-23(30(22)19-17(33-3)7-6-8-18(19)34-4)29-37(31,32)14(2)20(35-5)21-25-11-15(24)12-26-21/h6-8,11-14,16,20H,9-10H2,1-5H3,(H,28,29)/t13-,14?,16+,20?/m0/s1. The van der Waals surface area contributed by atoms with Gasteiger partial charge in [-0.1, -0.05) is 17.7 Å². The first kappa shape index (κ1) is 27.0. The minimum absolute atomic E-state index is 0.0318. The van der Waals surface area contributed by atoms with E-state index >= 15 is 0 Å². The summed E-state index contributed by atoms with van der Waals surface area (Å²) in [5.41, 5.74) is 0.460. The largest absolute Gasteiger partial charge is 0.494 e. The molecule has 0 radical (unpaired) electrons. The first-order valence-corrected chi connectivity index (χ1v) is 13.4. The highest BCUT2D eigenvalue weighted by atomic mass is 35.5. The number of rotatable bonds is 10. The first-order chi connectivity index (χ1) is 17.7. The van der Waals surface area contributed by atoms with E-state index in [1.807, 2.05) is 6.92 Å². The molecule has 1 N–H and O–H groups in total. The van der Waals surface area contributed by atoms with Gasteiger partial charge in [-0.25, -0.2) is 18.4 Å². The molecule has 14 heteroatoms. The summed E-state index contributed by atoms with van der Waals surface area (Å²) in [5, 5.41) is 7.81. The number of hydrogen-bond acceptors (Lipinski definition) is 10. The first-order valence-electron chi connectivity index (χ1n) is 11.5. The predicted octanol–water partition coefficient (Wildman–Crippen LogP) is 3.14. The lowest BCUT2D eigenvalue weighted by Crippen LogP contribution is -2.33. The van der Waals surface area contributed by atoms with Crippen molar-refractivity contribution in [2.75, 3.05) is 32.7 Å². The molecule has 1 fully saturated rings. The van der Waals surface area contributed by atoms with Crippen molar-refractivity contribution in [2.24, 2.45) is 0 Å². The number of ether oxygens (including phenoxy) is 4. The second-order valence-corrected chi connectivity index (χ2v) is 10.9. The Bertz CT molecular complexity index is 1310. The number of anilines is 1. The average Bonchev–Trinajstić information content (AvgIpc) is 3.49. The number of nitrogens with zero attached hydrogens (tertiary/aromatic N) is 5. The maximum atomic E-state index is 13.6. The van der Waals surface area contributed by atoms with Crippen molar-refractivity contribution in [3.63, 3.8) is 0 Å². The molecule has 3 aromatic rings. The Morgan fingerprint density at radius 3 is 2.32 bits per heavy atom. The van der Waals surface area contributed by atoms with Crippen molar-refractivity contribution in [1.29, 1.82) is 0 Å². The van der Waals surface area contributed by atoms with Crippen LogP contribution < -0.4 is 14.2 Å². The highest BCUT2D eigenvalue weighted by Gasteiger charge is 2.37. The van der Waals surface area contributed by atoms with Crippen LogP contribution in [0.4, 0.5) is 5.95 Å². The molecule has 2 aromatic heterocycles. The number of sulfonamides is 1. The minimum atomic E-state index is -4.10. The van der Waals surface area contributed by atoms with Gasteiger partial charge in [0.25, 0.3) is 0 Å². The Morgan fingerprint density at radius 1 is 1.14 bits per heavy atom. The predicted molar refractivity (Wildman–Crippen MR) is 136 cm³/mol. The van der Waals surface area contributed by atoms with Crippen molar-refractivity contribution >= 4 is 27.6 Å². The third-order valence-electron chi connectivity index (χ3n) is 6.32. The van der Waals surface area contributed by atoms with Crippen LogP contribution in [0.5, 0.6) is 11.5 Å². The summed E-state index contributed by atoms with van der Waals surface area (Å²) in [5.74, 6) is 1.43. The summed E-state index contributed by atoms with van der Waals surface area (Å²) in [6.07, 6.45) is 2.33. The number of para-hydroxylation sites is 1. The number of aromatic nitrogens is 5. The Labute approximate surface area is 220 Å². The molecule has 2 unspecified atom stereocenters. The SMILES string of the molecule is COc1cccc(OC)c1-n1c(NS(=O)(=O)C(C)C(OC)c2ncc(Cl)cn2)nnc1[C@@H]1CCO[C@H]1C. The highest BCUT2D eigenvalue weighted by molar-refractivity contribution is 7.93. The van der Waals surface area contributed by atoms with Crippen LogP contribution in [0.25, 0.3) is 5.69 Å². The summed E-state index contributed by atoms with van der Waals surface area (Å²) >= 11 is 5.88. The van der Waals surface area contributed by atoms with Crippen LogP contribution in [0.3, 0.4) is 0 Å². The second kappa shape index (κ2) is 11.2. The summed E-state index contributed by atoms with van der Waals surface area (Å²) in [6, 6.07) is 5.26. The van der Waals surface area contributed by atoms with Crippen molar-refractivity contribution < 1.29 is 27.4 Å². The molecular weight excluding hydrogens is 524 g/mol. The quantitative estimate of drug-likeness (QED) is 0.399. The Hall–Kier alpha value is -3.00. The van der Waals surface area contributed by atoms with Crippen molar-refractivity contribution in [1.82, 2.24) is 24.7 Å². The van der Waals surface area contributed by atoms with E-state index in [1.165, 1.54) is 40.6 Å². The maximum absolute atomic E-state index is 13.6. The Kier molecular flexibility index (Phi) is 8.17. The number of nitrogens with one attached hydrogen (secondary N) is 1. The second-order valence-electron chi connectivity index (χ2n) is 8.47. The van der Waals surface area contributed by atoms with E-state index in [0.29, 0.717) is 41.1 Å². The monoisotopic (exact) mass is 552 g/mol. The normalized spacial score (nSPS) is 19.4. The molecule has 1 aliphatic heterocycles. The van der Waals surface area contributed by atoms with Gasteiger partial charge in [0.15, 0.2) is 5.82 Å². The van der Waals surface area contributed by atoms with Gasteiger partial charge in [-0.05, 0) is 32.4 Å². The van der Waals surface area contributed by atoms with Gasteiger partial charge >= 0.3 is 0 Å². The molecular formula is C23H29ClN6O6S. The van der Waals surface area contributed by atoms with Gasteiger partial charge in [-0.15, -0.1) is 10.2 Å². The van der Waals surface area contributed by atoms with Crippen LogP contribution in [0.1, 0.15) is 43.9 Å². The van der Waals surface area contributed by atoms with Gasteiger partial charge in [-0.2, -0.15) is 0 Å². The molecule has 1 aliphatic rings. The van der Waals surface area contributed by atoms with Gasteiger partial charge in [-0.3, -0.25) is 9.29 Å². The summed E-state index contributed by atoms with van der Waals surface area (Å²) in [6.45, 7) is 3.99. The van der Waals surface area contributed by atoms with Gasteiger partial charge < -0.3 is 18.9 Å². The minimum Gasteiger partial charge on any atom is -0.494 e. The number of benzene rings is 1. The smallest absolute Gasteiger partial charge is 0.243 e. The molecule has 0 spiro atoms. The Balaban J connectivity index is 1.80. The fourth-order valence-electron chi connectivity index (χ4n) is 4.30. The zero-order valence-electron chi connectivity index (χ0n) is 21.1. The highest BCUT2D eigenvalue weighted by Crippen LogP contribution is 2.40. The van der Waals surface area contributed by atoms with E-state index < -0.39 is 21.4 Å². The molecule has 200 valence electrons. The number of halogens is 1. The molecule has 0 amide bonds. The van der Waals surface area contributed by atoms with Crippen molar-refractivity contribution in [3.8, 4) is 17.2 Å². The molecule has 4 rings (SSSR count). The maximum Gasteiger partial charge on any atom is 0.243 e. The molecule has 1 saturated heterocycles. The fourth-order valence-corrected chi connectivity index (χ4v) is 5.53. The van der Waals surface area contributed by atoms with Crippen LogP contribution in [0, 0.1) is 0 Å². The van der Waals surface area contributed by atoms with Crippen LogP contribution in [0.15, 0.2) is 30.6 Å². The van der Waals surface area contributed by atoms with Gasteiger partial charge in [0.05, 0.1) is 25.3 Å². The van der Waals surface area contributed by atoms with Gasteiger partial charge in [0.1, 0.15) is 34.4 Å². The molecule has 0 saturated carbocycles. The summed E-state index contributed by atoms with van der Waals surface area (Å²) in [4.78, 5) is 8.25. The van der Waals surface area contributed by atoms with Crippen LogP contribution >= 0.6 is 11.6 Å². The van der Waals surface area contributed by atoms with E-state index in [-0.39, 0.29) is 23.8 Å². The molecule has 4 atom stereocenters. The molecule has 3 heterocycles. The van der Waals surface area contributed by atoms with E-state index in [1.54, 1.807) is 22.8 Å². The number of methoxy groups -OCH3 is 3. The fraction of sp³-hybridized carbons (Fsp3) is 0.478. The summed E-state index contributed by atoms with van der Waals surface area (Å²) in [7, 11) is 0.322. The summed E-state index contributed by atoms with van der Waals surface area (Å²) < 4.78 is 53.8.